The molecule has 5 nitrogen and oxygen atoms in total. The molecule has 22 heavy (non-hydrogen) atoms. The molecular weight excluding hydrogens is 280 g/mol. The van der Waals surface area contributed by atoms with Gasteiger partial charge in [-0.3, -0.25) is 9.69 Å². The SMILES string of the molecule is COC(=O)c1cc(CN2CCC[C@H](C)C2)cn(C2CC2)c1=O. The number of nitrogens with zero attached hydrogens (tertiary/aromatic N) is 2. The van der Waals surface area contributed by atoms with Gasteiger partial charge in [-0.1, -0.05) is 6.92 Å². The zero-order valence-electron chi connectivity index (χ0n) is 13.4. The van der Waals surface area contributed by atoms with Gasteiger partial charge in [-0.15, -0.1) is 0 Å². The van der Waals surface area contributed by atoms with Gasteiger partial charge in [-0.05, 0) is 49.8 Å². The number of rotatable bonds is 4. The molecule has 0 aromatic carbocycles. The lowest BCUT2D eigenvalue weighted by Crippen LogP contribution is -2.34. The van der Waals surface area contributed by atoms with Crippen LogP contribution < -0.4 is 5.56 Å². The number of ether oxygens (including phenoxy) is 1. The molecule has 1 saturated carbocycles. The summed E-state index contributed by atoms with van der Waals surface area (Å²) in [7, 11) is 1.32. The molecule has 1 aliphatic heterocycles. The molecular formula is C17H24N2O3. The van der Waals surface area contributed by atoms with Crippen LogP contribution in [0.1, 0.15) is 54.6 Å². The van der Waals surface area contributed by atoms with E-state index in [0.717, 1.165) is 38.0 Å². The summed E-state index contributed by atoms with van der Waals surface area (Å²) in [5.74, 6) is 0.177. The summed E-state index contributed by atoms with van der Waals surface area (Å²) in [6.07, 6.45) is 6.47. The van der Waals surface area contributed by atoms with E-state index < -0.39 is 5.97 Å². The fourth-order valence-electron chi connectivity index (χ4n) is 3.32. The Labute approximate surface area is 130 Å². The predicted octanol–water partition coefficient (Wildman–Crippen LogP) is 2.20. The van der Waals surface area contributed by atoms with E-state index in [-0.39, 0.29) is 17.2 Å². The van der Waals surface area contributed by atoms with Gasteiger partial charge in [-0.25, -0.2) is 4.79 Å². The molecule has 0 amide bonds. The molecule has 0 radical (unpaired) electrons. The largest absolute Gasteiger partial charge is 0.465 e. The minimum atomic E-state index is -0.534. The maximum atomic E-state index is 12.4. The lowest BCUT2D eigenvalue weighted by atomic mass is 10.00. The first-order valence-electron chi connectivity index (χ1n) is 8.14. The molecule has 2 heterocycles. The van der Waals surface area contributed by atoms with Gasteiger partial charge in [0.15, 0.2) is 0 Å². The predicted molar refractivity (Wildman–Crippen MR) is 84.0 cm³/mol. The van der Waals surface area contributed by atoms with Gasteiger partial charge >= 0.3 is 5.97 Å². The van der Waals surface area contributed by atoms with Crippen LogP contribution in [0, 0.1) is 5.92 Å². The summed E-state index contributed by atoms with van der Waals surface area (Å²) in [4.78, 5) is 26.7. The fraction of sp³-hybridized carbons (Fsp3) is 0.647. The average molecular weight is 304 g/mol. The Balaban J connectivity index is 1.88. The highest BCUT2D eigenvalue weighted by Gasteiger charge is 2.27. The van der Waals surface area contributed by atoms with Gasteiger partial charge in [0.1, 0.15) is 5.56 Å². The monoisotopic (exact) mass is 304 g/mol. The molecule has 1 saturated heterocycles. The Morgan fingerprint density at radius 3 is 2.77 bits per heavy atom. The number of hydrogen-bond donors (Lipinski definition) is 0. The summed E-state index contributed by atoms with van der Waals surface area (Å²) in [6.45, 7) is 5.23. The molecule has 0 bridgehead atoms. The van der Waals surface area contributed by atoms with Crippen LogP contribution in [-0.2, 0) is 11.3 Å². The van der Waals surface area contributed by atoms with Crippen molar-refractivity contribution in [1.29, 1.82) is 0 Å². The van der Waals surface area contributed by atoms with Gasteiger partial charge in [0.2, 0.25) is 0 Å². The van der Waals surface area contributed by atoms with Gasteiger partial charge in [0.25, 0.3) is 5.56 Å². The van der Waals surface area contributed by atoms with Crippen LogP contribution in [0.2, 0.25) is 0 Å². The number of aromatic nitrogens is 1. The van der Waals surface area contributed by atoms with E-state index in [2.05, 4.69) is 11.8 Å². The van der Waals surface area contributed by atoms with E-state index in [4.69, 9.17) is 4.74 Å². The third kappa shape index (κ3) is 3.24. The first kappa shape index (κ1) is 15.3. The molecule has 3 rings (SSSR count). The van der Waals surface area contributed by atoms with E-state index in [1.165, 1.54) is 20.0 Å². The summed E-state index contributed by atoms with van der Waals surface area (Å²) in [6, 6.07) is 1.97. The Morgan fingerprint density at radius 2 is 2.14 bits per heavy atom. The van der Waals surface area contributed by atoms with Crippen molar-refractivity contribution in [1.82, 2.24) is 9.47 Å². The zero-order chi connectivity index (χ0) is 15.7. The number of esters is 1. The van der Waals surface area contributed by atoms with Crippen LogP contribution >= 0.6 is 0 Å². The van der Waals surface area contributed by atoms with Crippen molar-refractivity contribution in [3.63, 3.8) is 0 Å². The van der Waals surface area contributed by atoms with Crippen LogP contribution in [0.25, 0.3) is 0 Å². The smallest absolute Gasteiger partial charge is 0.343 e. The molecule has 1 aliphatic carbocycles. The number of hydrogen-bond acceptors (Lipinski definition) is 4. The molecule has 2 aliphatic rings. The van der Waals surface area contributed by atoms with E-state index >= 15 is 0 Å². The third-order valence-corrected chi connectivity index (χ3v) is 4.59. The maximum Gasteiger partial charge on any atom is 0.343 e. The van der Waals surface area contributed by atoms with Gasteiger partial charge in [0, 0.05) is 25.3 Å². The number of pyridine rings is 1. The first-order chi connectivity index (χ1) is 10.6. The third-order valence-electron chi connectivity index (χ3n) is 4.59. The van der Waals surface area contributed by atoms with Crippen LogP contribution in [0.3, 0.4) is 0 Å². The zero-order valence-corrected chi connectivity index (χ0v) is 13.4. The fourth-order valence-corrected chi connectivity index (χ4v) is 3.32. The van der Waals surface area contributed by atoms with E-state index in [0.29, 0.717) is 5.92 Å². The number of carbonyl (C=O) groups excluding carboxylic acids is 1. The van der Waals surface area contributed by atoms with Crippen molar-refractivity contribution in [2.45, 2.75) is 45.2 Å². The number of carbonyl (C=O) groups is 1. The van der Waals surface area contributed by atoms with Crippen molar-refractivity contribution in [3.8, 4) is 0 Å². The lowest BCUT2D eigenvalue weighted by Gasteiger charge is -2.31. The summed E-state index contributed by atoms with van der Waals surface area (Å²) in [5.41, 5.74) is 0.975. The normalized spacial score (nSPS) is 22.5. The number of likely N-dealkylation sites (tertiary alicyclic amines) is 1. The minimum absolute atomic E-state index is 0.164. The Kier molecular flexibility index (Phi) is 4.34. The standard InChI is InChI=1S/C17H24N2O3/c1-12-4-3-7-18(9-12)10-13-8-15(17(21)22-2)16(20)19(11-13)14-5-6-14/h8,11-12,14H,3-7,9-10H2,1-2H3/t12-/m0/s1. The molecule has 2 fully saturated rings. The average Bonchev–Trinajstić information content (AvgIpc) is 3.33. The van der Waals surface area contributed by atoms with Crippen LogP contribution in [-0.4, -0.2) is 35.6 Å². The maximum absolute atomic E-state index is 12.4. The second-order valence-corrected chi connectivity index (χ2v) is 6.68. The molecule has 0 spiro atoms. The van der Waals surface area contributed by atoms with Crippen molar-refractivity contribution >= 4 is 5.97 Å². The van der Waals surface area contributed by atoms with Crippen molar-refractivity contribution in [3.05, 3.63) is 33.7 Å². The second-order valence-electron chi connectivity index (χ2n) is 6.68. The highest BCUT2D eigenvalue weighted by Crippen LogP contribution is 2.33. The molecule has 5 heteroatoms. The van der Waals surface area contributed by atoms with Crippen LogP contribution in [0.15, 0.2) is 17.1 Å². The highest BCUT2D eigenvalue weighted by molar-refractivity contribution is 5.89. The van der Waals surface area contributed by atoms with E-state index in [9.17, 15) is 9.59 Å². The Morgan fingerprint density at radius 1 is 1.36 bits per heavy atom. The van der Waals surface area contributed by atoms with Gasteiger partial charge in [0.05, 0.1) is 7.11 Å². The number of methoxy groups -OCH3 is 1. The van der Waals surface area contributed by atoms with E-state index in [1.807, 2.05) is 6.20 Å². The summed E-state index contributed by atoms with van der Waals surface area (Å²) >= 11 is 0. The molecule has 1 aromatic heterocycles. The molecule has 1 atom stereocenters. The molecule has 0 unspecified atom stereocenters. The summed E-state index contributed by atoms with van der Waals surface area (Å²) in [5, 5.41) is 0. The van der Waals surface area contributed by atoms with Gasteiger partial charge < -0.3 is 9.30 Å². The molecule has 120 valence electrons. The first-order valence-corrected chi connectivity index (χ1v) is 8.14. The minimum Gasteiger partial charge on any atom is -0.465 e. The topological polar surface area (TPSA) is 51.5 Å². The van der Waals surface area contributed by atoms with Crippen molar-refractivity contribution in [2.75, 3.05) is 20.2 Å². The highest BCUT2D eigenvalue weighted by atomic mass is 16.5. The summed E-state index contributed by atoms with van der Waals surface area (Å²) < 4.78 is 6.50. The van der Waals surface area contributed by atoms with Crippen LogP contribution in [0.4, 0.5) is 0 Å². The quantitative estimate of drug-likeness (QED) is 0.800. The Bertz CT molecular complexity index is 619. The lowest BCUT2D eigenvalue weighted by molar-refractivity contribution is 0.0597. The Hall–Kier alpha value is -1.62. The van der Waals surface area contributed by atoms with Crippen molar-refractivity contribution < 1.29 is 9.53 Å². The van der Waals surface area contributed by atoms with Crippen molar-refractivity contribution in [2.24, 2.45) is 5.92 Å². The van der Waals surface area contributed by atoms with Gasteiger partial charge in [-0.2, -0.15) is 0 Å². The van der Waals surface area contributed by atoms with E-state index in [1.54, 1.807) is 10.6 Å². The molecule has 0 N–H and O–H groups in total. The van der Waals surface area contributed by atoms with Crippen LogP contribution in [0.5, 0.6) is 0 Å². The molecule has 1 aromatic rings. The second kappa shape index (κ2) is 6.24. The number of piperidine rings is 1.